The number of ether oxygens (including phenoxy) is 1. The molecule has 6 heteroatoms. The SMILES string of the molecule is Cc1ccc([C@H](N)c2ccc(OC(F)(F)F)cc2)c(O)c1. The Kier molecular flexibility index (Phi) is 4.09. The molecule has 0 saturated heterocycles. The molecule has 0 saturated carbocycles. The highest BCUT2D eigenvalue weighted by Crippen LogP contribution is 2.30. The number of rotatable bonds is 3. The second-order valence-electron chi connectivity index (χ2n) is 4.66. The summed E-state index contributed by atoms with van der Waals surface area (Å²) in [4.78, 5) is 0. The van der Waals surface area contributed by atoms with Crippen LogP contribution in [0.1, 0.15) is 22.7 Å². The van der Waals surface area contributed by atoms with Crippen LogP contribution in [-0.2, 0) is 0 Å². The van der Waals surface area contributed by atoms with E-state index in [1.807, 2.05) is 6.92 Å². The van der Waals surface area contributed by atoms with Gasteiger partial charge in [0.05, 0.1) is 6.04 Å². The molecule has 21 heavy (non-hydrogen) atoms. The van der Waals surface area contributed by atoms with E-state index >= 15 is 0 Å². The number of aryl methyl sites for hydroxylation is 1. The van der Waals surface area contributed by atoms with E-state index in [2.05, 4.69) is 4.74 Å². The number of hydrogen-bond acceptors (Lipinski definition) is 3. The first-order valence-electron chi connectivity index (χ1n) is 6.17. The van der Waals surface area contributed by atoms with Crippen LogP contribution >= 0.6 is 0 Å². The van der Waals surface area contributed by atoms with Gasteiger partial charge in [0.2, 0.25) is 0 Å². The van der Waals surface area contributed by atoms with Crippen LogP contribution in [0.25, 0.3) is 0 Å². The summed E-state index contributed by atoms with van der Waals surface area (Å²) in [7, 11) is 0. The molecule has 2 aromatic carbocycles. The molecule has 2 rings (SSSR count). The lowest BCUT2D eigenvalue weighted by molar-refractivity contribution is -0.274. The second kappa shape index (κ2) is 5.65. The van der Waals surface area contributed by atoms with Gasteiger partial charge in [0.1, 0.15) is 11.5 Å². The third kappa shape index (κ3) is 3.88. The Balaban J connectivity index is 2.22. The zero-order valence-corrected chi connectivity index (χ0v) is 11.2. The standard InChI is InChI=1S/C15H14F3NO2/c1-9-2-7-12(13(20)8-9)14(19)10-3-5-11(6-4-10)21-15(16,17)18/h2-8,14,20H,19H2,1H3/t14-/m1/s1. The molecule has 2 aromatic rings. The van der Waals surface area contributed by atoms with Crippen molar-refractivity contribution in [2.45, 2.75) is 19.3 Å². The molecule has 0 fully saturated rings. The summed E-state index contributed by atoms with van der Waals surface area (Å²) in [5.41, 5.74) is 7.99. The van der Waals surface area contributed by atoms with E-state index in [0.717, 1.165) is 5.56 Å². The van der Waals surface area contributed by atoms with E-state index in [1.54, 1.807) is 18.2 Å². The fraction of sp³-hybridized carbons (Fsp3) is 0.200. The highest BCUT2D eigenvalue weighted by Gasteiger charge is 2.31. The summed E-state index contributed by atoms with van der Waals surface area (Å²) in [5.74, 6) is -0.260. The van der Waals surface area contributed by atoms with Crippen molar-refractivity contribution >= 4 is 0 Å². The molecular weight excluding hydrogens is 283 g/mol. The smallest absolute Gasteiger partial charge is 0.508 e. The van der Waals surface area contributed by atoms with Gasteiger partial charge in [-0.2, -0.15) is 0 Å². The Morgan fingerprint density at radius 1 is 1.10 bits per heavy atom. The normalized spacial score (nSPS) is 13.0. The Labute approximate surface area is 119 Å². The maximum atomic E-state index is 12.1. The van der Waals surface area contributed by atoms with Gasteiger partial charge in [-0.3, -0.25) is 0 Å². The molecule has 3 nitrogen and oxygen atoms in total. The summed E-state index contributed by atoms with van der Waals surface area (Å²) in [6.07, 6.45) is -4.72. The lowest BCUT2D eigenvalue weighted by Crippen LogP contribution is -2.17. The first-order chi connectivity index (χ1) is 9.76. The van der Waals surface area contributed by atoms with Gasteiger partial charge in [0.25, 0.3) is 0 Å². The highest BCUT2D eigenvalue weighted by atomic mass is 19.4. The van der Waals surface area contributed by atoms with Gasteiger partial charge in [-0.25, -0.2) is 0 Å². The van der Waals surface area contributed by atoms with Crippen molar-refractivity contribution in [2.75, 3.05) is 0 Å². The number of alkyl halides is 3. The Morgan fingerprint density at radius 3 is 2.24 bits per heavy atom. The predicted molar refractivity (Wildman–Crippen MR) is 72.0 cm³/mol. The summed E-state index contributed by atoms with van der Waals surface area (Å²) in [6, 6.07) is 9.69. The fourth-order valence-corrected chi connectivity index (χ4v) is 1.97. The lowest BCUT2D eigenvalue weighted by Gasteiger charge is -2.15. The van der Waals surface area contributed by atoms with Crippen LogP contribution in [-0.4, -0.2) is 11.5 Å². The van der Waals surface area contributed by atoms with Gasteiger partial charge >= 0.3 is 6.36 Å². The van der Waals surface area contributed by atoms with Crippen molar-refractivity contribution in [1.82, 2.24) is 0 Å². The van der Waals surface area contributed by atoms with Crippen LogP contribution in [0.15, 0.2) is 42.5 Å². The fourth-order valence-electron chi connectivity index (χ4n) is 1.97. The molecule has 0 bridgehead atoms. The van der Waals surface area contributed by atoms with Crippen molar-refractivity contribution in [2.24, 2.45) is 5.73 Å². The van der Waals surface area contributed by atoms with Crippen LogP contribution < -0.4 is 10.5 Å². The third-order valence-corrected chi connectivity index (χ3v) is 2.99. The van der Waals surface area contributed by atoms with Gasteiger partial charge in [-0.05, 0) is 36.2 Å². The molecule has 112 valence electrons. The monoisotopic (exact) mass is 297 g/mol. The number of benzene rings is 2. The highest BCUT2D eigenvalue weighted by molar-refractivity contribution is 5.43. The van der Waals surface area contributed by atoms with Gasteiger partial charge in [-0.15, -0.1) is 13.2 Å². The first kappa shape index (κ1) is 15.2. The van der Waals surface area contributed by atoms with E-state index in [9.17, 15) is 18.3 Å². The molecule has 0 radical (unpaired) electrons. The average Bonchev–Trinajstić information content (AvgIpc) is 2.37. The minimum absolute atomic E-state index is 0.0538. The number of nitrogens with two attached hydrogens (primary N) is 1. The van der Waals surface area contributed by atoms with Crippen LogP contribution in [0.5, 0.6) is 11.5 Å². The molecule has 0 amide bonds. The predicted octanol–water partition coefficient (Wildman–Crippen LogP) is 3.65. The van der Waals surface area contributed by atoms with Crippen molar-refractivity contribution in [1.29, 1.82) is 0 Å². The number of phenols is 1. The number of halogens is 3. The number of hydrogen-bond donors (Lipinski definition) is 2. The minimum Gasteiger partial charge on any atom is -0.508 e. The van der Waals surface area contributed by atoms with Gasteiger partial charge in [0, 0.05) is 5.56 Å². The Hall–Kier alpha value is -2.21. The van der Waals surface area contributed by atoms with E-state index in [1.165, 1.54) is 24.3 Å². The molecule has 0 aromatic heterocycles. The molecule has 3 N–H and O–H groups in total. The quantitative estimate of drug-likeness (QED) is 0.909. The molecule has 0 heterocycles. The third-order valence-electron chi connectivity index (χ3n) is 2.99. The first-order valence-corrected chi connectivity index (χ1v) is 6.17. The average molecular weight is 297 g/mol. The zero-order valence-electron chi connectivity index (χ0n) is 11.2. The van der Waals surface area contributed by atoms with Gasteiger partial charge < -0.3 is 15.6 Å². The van der Waals surface area contributed by atoms with Gasteiger partial charge in [0.15, 0.2) is 0 Å². The topological polar surface area (TPSA) is 55.5 Å². The summed E-state index contributed by atoms with van der Waals surface area (Å²) in [6.45, 7) is 1.83. The maximum Gasteiger partial charge on any atom is 0.573 e. The lowest BCUT2D eigenvalue weighted by atomic mass is 9.98. The second-order valence-corrected chi connectivity index (χ2v) is 4.66. The van der Waals surface area contributed by atoms with E-state index in [0.29, 0.717) is 11.1 Å². The van der Waals surface area contributed by atoms with E-state index in [-0.39, 0.29) is 11.5 Å². The van der Waals surface area contributed by atoms with E-state index in [4.69, 9.17) is 5.73 Å². The summed E-state index contributed by atoms with van der Waals surface area (Å²) >= 11 is 0. The van der Waals surface area contributed by atoms with Crippen molar-refractivity contribution in [3.8, 4) is 11.5 Å². The molecule has 0 aliphatic carbocycles. The number of phenolic OH excluding ortho intramolecular Hbond substituents is 1. The minimum atomic E-state index is -4.72. The maximum absolute atomic E-state index is 12.1. The van der Waals surface area contributed by atoms with Crippen LogP contribution in [0.4, 0.5) is 13.2 Å². The molecule has 0 spiro atoms. The van der Waals surface area contributed by atoms with E-state index < -0.39 is 12.4 Å². The molecular formula is C15H14F3NO2. The zero-order chi connectivity index (χ0) is 15.6. The number of aromatic hydroxyl groups is 1. The summed E-state index contributed by atoms with van der Waals surface area (Å²) in [5, 5.41) is 9.88. The largest absolute Gasteiger partial charge is 0.573 e. The van der Waals surface area contributed by atoms with Gasteiger partial charge in [-0.1, -0.05) is 24.3 Å². The van der Waals surface area contributed by atoms with Crippen molar-refractivity contribution in [3.63, 3.8) is 0 Å². The molecule has 0 aliphatic rings. The van der Waals surface area contributed by atoms with Crippen LogP contribution in [0, 0.1) is 6.92 Å². The Morgan fingerprint density at radius 2 is 1.71 bits per heavy atom. The Bertz CT molecular complexity index is 624. The molecule has 0 unspecified atom stereocenters. The molecule has 1 atom stereocenters. The van der Waals surface area contributed by atoms with Crippen LogP contribution in [0.3, 0.4) is 0 Å². The van der Waals surface area contributed by atoms with Crippen molar-refractivity contribution < 1.29 is 23.0 Å². The van der Waals surface area contributed by atoms with Crippen molar-refractivity contribution in [3.05, 3.63) is 59.2 Å². The molecule has 0 aliphatic heterocycles. The summed E-state index contributed by atoms with van der Waals surface area (Å²) < 4.78 is 40.0. The van der Waals surface area contributed by atoms with Crippen LogP contribution in [0.2, 0.25) is 0 Å².